The van der Waals surface area contributed by atoms with Crippen LogP contribution in [0.1, 0.15) is 53.4 Å². The minimum absolute atomic E-state index is 0.0568. The second-order valence-corrected chi connectivity index (χ2v) is 6.46. The highest BCUT2D eigenvalue weighted by atomic mass is 16.5. The van der Waals surface area contributed by atoms with Crippen molar-refractivity contribution in [2.24, 2.45) is 5.73 Å². The molecule has 3 nitrogen and oxygen atoms in total. The zero-order valence-corrected chi connectivity index (χ0v) is 12.3. The van der Waals surface area contributed by atoms with Crippen LogP contribution in [0.5, 0.6) is 0 Å². The van der Waals surface area contributed by atoms with E-state index in [2.05, 4.69) is 32.6 Å². The molecule has 1 aliphatic rings. The number of nitrogens with zero attached hydrogens (tertiary/aromatic N) is 1. The number of methoxy groups -OCH3 is 1. The first-order valence-corrected chi connectivity index (χ1v) is 6.85. The van der Waals surface area contributed by atoms with Crippen LogP contribution in [-0.2, 0) is 4.74 Å². The van der Waals surface area contributed by atoms with Gasteiger partial charge in [0.15, 0.2) is 0 Å². The molecule has 1 fully saturated rings. The lowest BCUT2D eigenvalue weighted by molar-refractivity contribution is 0.00706. The van der Waals surface area contributed by atoms with Crippen LogP contribution in [-0.4, -0.2) is 42.3 Å². The number of nitrogens with two attached hydrogens (primary N) is 1. The van der Waals surface area contributed by atoms with Gasteiger partial charge in [0.25, 0.3) is 0 Å². The molecule has 0 saturated carbocycles. The van der Waals surface area contributed by atoms with E-state index in [-0.39, 0.29) is 17.2 Å². The summed E-state index contributed by atoms with van der Waals surface area (Å²) in [6.07, 6.45) is 4.67. The van der Waals surface area contributed by atoms with Gasteiger partial charge in [-0.1, -0.05) is 0 Å². The van der Waals surface area contributed by atoms with E-state index in [0.717, 1.165) is 12.8 Å². The predicted molar refractivity (Wildman–Crippen MR) is 73.2 cm³/mol. The van der Waals surface area contributed by atoms with Crippen molar-refractivity contribution >= 4 is 0 Å². The molecule has 0 aromatic rings. The normalized spacial score (nSPS) is 20.8. The van der Waals surface area contributed by atoms with Crippen molar-refractivity contribution in [2.45, 2.75) is 70.6 Å². The summed E-state index contributed by atoms with van der Waals surface area (Å²) in [5.41, 5.74) is 6.45. The lowest BCUT2D eigenvalue weighted by Crippen LogP contribution is -2.55. The van der Waals surface area contributed by atoms with Crippen molar-refractivity contribution in [3.05, 3.63) is 0 Å². The molecule has 1 rings (SSSR count). The number of ether oxygens (including phenoxy) is 1. The Morgan fingerprint density at radius 1 is 1.18 bits per heavy atom. The van der Waals surface area contributed by atoms with E-state index >= 15 is 0 Å². The molecule has 2 N–H and O–H groups in total. The maximum absolute atomic E-state index is 6.40. The third-order valence-corrected chi connectivity index (χ3v) is 4.44. The van der Waals surface area contributed by atoms with Gasteiger partial charge in [0.1, 0.15) is 0 Å². The monoisotopic (exact) mass is 242 g/mol. The van der Waals surface area contributed by atoms with Crippen LogP contribution in [0.3, 0.4) is 0 Å². The summed E-state index contributed by atoms with van der Waals surface area (Å²) in [6.45, 7) is 11.2. The molecular weight excluding hydrogens is 212 g/mol. The molecule has 102 valence electrons. The second-order valence-electron chi connectivity index (χ2n) is 6.46. The fraction of sp³-hybridized carbons (Fsp3) is 1.00. The quantitative estimate of drug-likeness (QED) is 0.777. The largest absolute Gasteiger partial charge is 0.379 e. The molecule has 1 atom stereocenters. The van der Waals surface area contributed by atoms with Crippen LogP contribution in [0.2, 0.25) is 0 Å². The average Bonchev–Trinajstić information content (AvgIpc) is 2.79. The highest BCUT2D eigenvalue weighted by Gasteiger charge is 2.35. The standard InChI is InChI=1S/C14H30N2O/c1-13(2,17-5)9-8-12(15)14(3,4)16-10-6-7-11-16/h12H,6-11,15H2,1-5H3. The van der Waals surface area contributed by atoms with Crippen molar-refractivity contribution in [3.8, 4) is 0 Å². The number of likely N-dealkylation sites (tertiary alicyclic amines) is 1. The van der Waals surface area contributed by atoms with Gasteiger partial charge >= 0.3 is 0 Å². The smallest absolute Gasteiger partial charge is 0.0623 e. The molecule has 1 saturated heterocycles. The molecule has 0 aromatic heterocycles. The second kappa shape index (κ2) is 5.68. The molecule has 0 spiro atoms. The zero-order chi connectivity index (χ0) is 13.1. The fourth-order valence-corrected chi connectivity index (χ4v) is 2.49. The minimum atomic E-state index is -0.0568. The Balaban J connectivity index is 2.47. The molecule has 0 bridgehead atoms. The molecule has 1 aliphatic heterocycles. The van der Waals surface area contributed by atoms with Gasteiger partial charge in [-0.2, -0.15) is 0 Å². The maximum atomic E-state index is 6.40. The Morgan fingerprint density at radius 2 is 1.71 bits per heavy atom. The molecule has 3 heteroatoms. The SMILES string of the molecule is COC(C)(C)CCC(N)C(C)(C)N1CCCC1. The van der Waals surface area contributed by atoms with E-state index < -0.39 is 0 Å². The first-order valence-electron chi connectivity index (χ1n) is 6.85. The van der Waals surface area contributed by atoms with E-state index in [1.165, 1.54) is 25.9 Å². The van der Waals surface area contributed by atoms with Gasteiger partial charge in [-0.05, 0) is 66.5 Å². The van der Waals surface area contributed by atoms with Crippen LogP contribution >= 0.6 is 0 Å². The van der Waals surface area contributed by atoms with Crippen LogP contribution in [0.4, 0.5) is 0 Å². The Kier molecular flexibility index (Phi) is 4.99. The molecule has 0 amide bonds. The first kappa shape index (κ1) is 14.9. The average molecular weight is 242 g/mol. The first-order chi connectivity index (χ1) is 7.79. The van der Waals surface area contributed by atoms with Crippen molar-refractivity contribution in [3.63, 3.8) is 0 Å². The molecule has 0 radical (unpaired) electrons. The highest BCUT2D eigenvalue weighted by Crippen LogP contribution is 2.27. The molecule has 0 aliphatic carbocycles. The molecule has 1 unspecified atom stereocenters. The Morgan fingerprint density at radius 3 is 2.18 bits per heavy atom. The lowest BCUT2D eigenvalue weighted by Gasteiger charge is -2.41. The van der Waals surface area contributed by atoms with Gasteiger partial charge in [-0.3, -0.25) is 4.90 Å². The van der Waals surface area contributed by atoms with Crippen LogP contribution in [0.25, 0.3) is 0 Å². The maximum Gasteiger partial charge on any atom is 0.0623 e. The summed E-state index contributed by atoms with van der Waals surface area (Å²) >= 11 is 0. The summed E-state index contributed by atoms with van der Waals surface area (Å²) in [5.74, 6) is 0. The van der Waals surface area contributed by atoms with E-state index in [1.54, 1.807) is 7.11 Å². The summed E-state index contributed by atoms with van der Waals surface area (Å²) in [7, 11) is 1.77. The number of hydrogen-bond donors (Lipinski definition) is 1. The third-order valence-electron chi connectivity index (χ3n) is 4.44. The van der Waals surface area contributed by atoms with E-state index in [1.807, 2.05) is 0 Å². The third kappa shape index (κ3) is 3.94. The summed E-state index contributed by atoms with van der Waals surface area (Å²) < 4.78 is 5.46. The Labute approximate surface area is 107 Å². The molecule has 17 heavy (non-hydrogen) atoms. The number of hydrogen-bond acceptors (Lipinski definition) is 3. The van der Waals surface area contributed by atoms with Crippen molar-refractivity contribution < 1.29 is 4.74 Å². The summed E-state index contributed by atoms with van der Waals surface area (Å²) in [6, 6.07) is 0.218. The van der Waals surface area contributed by atoms with E-state index in [4.69, 9.17) is 10.5 Å². The van der Waals surface area contributed by atoms with Crippen LogP contribution < -0.4 is 5.73 Å². The topological polar surface area (TPSA) is 38.5 Å². The minimum Gasteiger partial charge on any atom is -0.379 e. The van der Waals surface area contributed by atoms with Crippen LogP contribution in [0, 0.1) is 0 Å². The van der Waals surface area contributed by atoms with E-state index in [0.29, 0.717) is 0 Å². The lowest BCUT2D eigenvalue weighted by atomic mass is 9.87. The van der Waals surface area contributed by atoms with Gasteiger partial charge < -0.3 is 10.5 Å². The van der Waals surface area contributed by atoms with Gasteiger partial charge in [0.05, 0.1) is 5.60 Å². The van der Waals surface area contributed by atoms with Gasteiger partial charge in [-0.15, -0.1) is 0 Å². The van der Waals surface area contributed by atoms with Gasteiger partial charge in [0, 0.05) is 18.7 Å². The Hall–Kier alpha value is -0.120. The van der Waals surface area contributed by atoms with Gasteiger partial charge in [0.2, 0.25) is 0 Å². The molecular formula is C14H30N2O. The Bertz CT molecular complexity index is 232. The van der Waals surface area contributed by atoms with Crippen molar-refractivity contribution in [1.29, 1.82) is 0 Å². The molecule has 0 aromatic carbocycles. The highest BCUT2D eigenvalue weighted by molar-refractivity contribution is 4.94. The van der Waals surface area contributed by atoms with Crippen molar-refractivity contribution in [1.82, 2.24) is 4.90 Å². The summed E-state index contributed by atoms with van der Waals surface area (Å²) in [5, 5.41) is 0. The predicted octanol–water partition coefficient (Wildman–Crippen LogP) is 2.39. The zero-order valence-electron chi connectivity index (χ0n) is 12.3. The van der Waals surface area contributed by atoms with E-state index in [9.17, 15) is 0 Å². The van der Waals surface area contributed by atoms with Crippen LogP contribution in [0.15, 0.2) is 0 Å². The summed E-state index contributed by atoms with van der Waals surface area (Å²) in [4.78, 5) is 2.54. The van der Waals surface area contributed by atoms with Gasteiger partial charge in [-0.25, -0.2) is 0 Å². The van der Waals surface area contributed by atoms with Crippen molar-refractivity contribution in [2.75, 3.05) is 20.2 Å². The fourth-order valence-electron chi connectivity index (χ4n) is 2.49. The molecule has 1 heterocycles. The number of rotatable bonds is 6.